The molecular formula is C8H6Br3N3O2. The summed E-state index contributed by atoms with van der Waals surface area (Å²) >= 11 is 9.68. The maximum atomic E-state index is 10.4. The fourth-order valence-electron chi connectivity index (χ4n) is 0.873. The van der Waals surface area contributed by atoms with Crippen molar-refractivity contribution >= 4 is 60.0 Å². The van der Waals surface area contributed by atoms with Crippen LogP contribution in [0.3, 0.4) is 0 Å². The van der Waals surface area contributed by atoms with E-state index in [1.54, 1.807) is 6.07 Å². The second kappa shape index (κ2) is 5.65. The van der Waals surface area contributed by atoms with Crippen LogP contribution < -0.4 is 11.2 Å². The Morgan fingerprint density at radius 3 is 2.62 bits per heavy atom. The summed E-state index contributed by atoms with van der Waals surface area (Å²) in [7, 11) is 0. The van der Waals surface area contributed by atoms with Crippen LogP contribution in [0, 0.1) is 0 Å². The first-order valence-corrected chi connectivity index (χ1v) is 6.26. The van der Waals surface area contributed by atoms with Crippen LogP contribution in [-0.4, -0.2) is 17.4 Å². The minimum atomic E-state index is -0.759. The van der Waals surface area contributed by atoms with Crippen molar-refractivity contribution in [1.29, 1.82) is 0 Å². The summed E-state index contributed by atoms with van der Waals surface area (Å²) in [6.07, 6.45) is 1.35. The molecule has 1 aromatic carbocycles. The van der Waals surface area contributed by atoms with E-state index in [2.05, 4.69) is 58.3 Å². The number of nitrogens with one attached hydrogen (secondary N) is 1. The SMILES string of the molecule is NC(=O)NN=Cc1c(Br)cc(Br)c(O)c1Br. The lowest BCUT2D eigenvalue weighted by molar-refractivity contribution is 0.249. The van der Waals surface area contributed by atoms with Gasteiger partial charge in [0, 0.05) is 10.0 Å². The molecule has 0 aliphatic rings. The molecule has 16 heavy (non-hydrogen) atoms. The highest BCUT2D eigenvalue weighted by Crippen LogP contribution is 2.38. The third-order valence-corrected chi connectivity index (χ3v) is 3.61. The summed E-state index contributed by atoms with van der Waals surface area (Å²) in [4.78, 5) is 10.4. The average molecular weight is 416 g/mol. The molecule has 0 aromatic heterocycles. The zero-order chi connectivity index (χ0) is 12.3. The molecule has 0 heterocycles. The summed E-state index contributed by atoms with van der Waals surface area (Å²) < 4.78 is 1.68. The van der Waals surface area contributed by atoms with E-state index in [0.717, 1.165) is 0 Å². The number of carbonyl (C=O) groups excluding carboxylic acids is 1. The smallest absolute Gasteiger partial charge is 0.332 e. The number of aromatic hydroxyl groups is 1. The lowest BCUT2D eigenvalue weighted by atomic mass is 10.2. The number of hydrogen-bond acceptors (Lipinski definition) is 3. The van der Waals surface area contributed by atoms with Gasteiger partial charge in [-0.25, -0.2) is 10.2 Å². The quantitative estimate of drug-likeness (QED) is 0.512. The van der Waals surface area contributed by atoms with Crippen molar-refractivity contribution in [3.8, 4) is 5.75 Å². The molecule has 0 aliphatic carbocycles. The van der Waals surface area contributed by atoms with Gasteiger partial charge in [-0.1, -0.05) is 15.9 Å². The Kier molecular flexibility index (Phi) is 4.75. The van der Waals surface area contributed by atoms with Gasteiger partial charge in [-0.05, 0) is 37.9 Å². The van der Waals surface area contributed by atoms with E-state index in [1.807, 2.05) is 0 Å². The number of nitrogens with two attached hydrogens (primary N) is 1. The van der Waals surface area contributed by atoms with Crippen LogP contribution in [0.5, 0.6) is 5.75 Å². The largest absolute Gasteiger partial charge is 0.506 e. The Morgan fingerprint density at radius 2 is 2.06 bits per heavy atom. The van der Waals surface area contributed by atoms with Crippen molar-refractivity contribution in [1.82, 2.24) is 5.43 Å². The fraction of sp³-hybridized carbons (Fsp3) is 0. The third kappa shape index (κ3) is 3.19. The van der Waals surface area contributed by atoms with Gasteiger partial charge in [0.05, 0.1) is 15.2 Å². The van der Waals surface area contributed by atoms with Crippen molar-refractivity contribution in [2.45, 2.75) is 0 Å². The lowest BCUT2D eigenvalue weighted by Gasteiger charge is -2.06. The highest BCUT2D eigenvalue weighted by molar-refractivity contribution is 9.11. The number of benzene rings is 1. The highest BCUT2D eigenvalue weighted by atomic mass is 79.9. The van der Waals surface area contributed by atoms with Crippen molar-refractivity contribution in [3.05, 3.63) is 25.0 Å². The first kappa shape index (κ1) is 13.5. The molecule has 0 saturated heterocycles. The molecule has 0 fully saturated rings. The number of nitrogens with zero attached hydrogens (tertiary/aromatic N) is 1. The Bertz CT molecular complexity index is 462. The van der Waals surface area contributed by atoms with Gasteiger partial charge >= 0.3 is 6.03 Å². The first-order valence-electron chi connectivity index (χ1n) is 3.88. The molecule has 1 rings (SSSR count). The lowest BCUT2D eigenvalue weighted by Crippen LogP contribution is -2.24. The molecule has 4 N–H and O–H groups in total. The van der Waals surface area contributed by atoms with E-state index < -0.39 is 6.03 Å². The van der Waals surface area contributed by atoms with Crippen LogP contribution in [0.1, 0.15) is 5.56 Å². The van der Waals surface area contributed by atoms with Gasteiger partial charge in [0.1, 0.15) is 5.75 Å². The van der Waals surface area contributed by atoms with E-state index in [4.69, 9.17) is 5.73 Å². The number of halogens is 3. The van der Waals surface area contributed by atoms with Crippen molar-refractivity contribution in [3.63, 3.8) is 0 Å². The predicted molar refractivity (Wildman–Crippen MR) is 71.5 cm³/mol. The normalized spacial score (nSPS) is 10.7. The van der Waals surface area contributed by atoms with Gasteiger partial charge in [-0.15, -0.1) is 0 Å². The molecule has 5 nitrogen and oxygen atoms in total. The molecule has 0 radical (unpaired) electrons. The number of phenols is 1. The molecule has 0 unspecified atom stereocenters. The molecule has 0 bridgehead atoms. The maximum absolute atomic E-state index is 10.4. The summed E-state index contributed by atoms with van der Waals surface area (Å²) in [6.45, 7) is 0. The number of carbonyl (C=O) groups is 1. The molecule has 86 valence electrons. The average Bonchev–Trinajstić information content (AvgIpc) is 2.19. The molecule has 0 spiro atoms. The second-order valence-electron chi connectivity index (χ2n) is 2.65. The van der Waals surface area contributed by atoms with Gasteiger partial charge in [-0.3, -0.25) is 0 Å². The minimum Gasteiger partial charge on any atom is -0.506 e. The molecule has 8 heteroatoms. The van der Waals surface area contributed by atoms with Gasteiger partial charge in [-0.2, -0.15) is 5.10 Å². The van der Waals surface area contributed by atoms with E-state index in [-0.39, 0.29) is 5.75 Å². The van der Waals surface area contributed by atoms with Crippen LogP contribution in [0.15, 0.2) is 24.6 Å². The van der Waals surface area contributed by atoms with Crippen molar-refractivity contribution in [2.75, 3.05) is 0 Å². The summed E-state index contributed by atoms with van der Waals surface area (Å²) in [5, 5.41) is 13.2. The summed E-state index contributed by atoms with van der Waals surface area (Å²) in [5.74, 6) is 0.0451. The highest BCUT2D eigenvalue weighted by Gasteiger charge is 2.11. The summed E-state index contributed by atoms with van der Waals surface area (Å²) in [5.41, 5.74) is 7.48. The number of phenolic OH excluding ortho intramolecular Hbond substituents is 1. The van der Waals surface area contributed by atoms with Gasteiger partial charge in [0.2, 0.25) is 0 Å². The maximum Gasteiger partial charge on any atom is 0.332 e. The standard InChI is InChI=1S/C8H6Br3N3O2/c9-4-1-5(10)7(15)6(11)3(4)2-13-14-8(12)16/h1-2,15H,(H3,12,14,16). The van der Waals surface area contributed by atoms with Crippen LogP contribution in [-0.2, 0) is 0 Å². The number of hydrazone groups is 1. The molecule has 0 atom stereocenters. The predicted octanol–water partition coefficient (Wildman–Crippen LogP) is 2.68. The van der Waals surface area contributed by atoms with Crippen LogP contribution in [0.4, 0.5) is 4.79 Å². The molecular weight excluding hydrogens is 410 g/mol. The Labute approximate surface area is 116 Å². The number of hydrogen-bond donors (Lipinski definition) is 3. The second-order valence-corrected chi connectivity index (χ2v) is 5.15. The van der Waals surface area contributed by atoms with Crippen molar-refractivity contribution in [2.24, 2.45) is 10.8 Å². The Morgan fingerprint density at radius 1 is 1.44 bits per heavy atom. The number of primary amides is 1. The fourth-order valence-corrected chi connectivity index (χ4v) is 3.20. The van der Waals surface area contributed by atoms with Gasteiger partial charge in [0.15, 0.2) is 0 Å². The monoisotopic (exact) mass is 413 g/mol. The van der Waals surface area contributed by atoms with E-state index in [0.29, 0.717) is 19.0 Å². The summed E-state index contributed by atoms with van der Waals surface area (Å²) in [6, 6.07) is 0.899. The van der Waals surface area contributed by atoms with E-state index in [1.165, 1.54) is 6.21 Å². The van der Waals surface area contributed by atoms with Gasteiger partial charge in [0.25, 0.3) is 0 Å². The molecule has 1 aromatic rings. The van der Waals surface area contributed by atoms with Crippen LogP contribution in [0.2, 0.25) is 0 Å². The minimum absolute atomic E-state index is 0.0451. The Hall–Kier alpha value is -0.600. The number of amides is 2. The molecule has 0 aliphatic heterocycles. The number of urea groups is 1. The Balaban J connectivity index is 3.09. The third-order valence-electron chi connectivity index (χ3n) is 1.55. The first-order chi connectivity index (χ1) is 7.43. The van der Waals surface area contributed by atoms with E-state index in [9.17, 15) is 9.90 Å². The van der Waals surface area contributed by atoms with Gasteiger partial charge < -0.3 is 10.8 Å². The van der Waals surface area contributed by atoms with Crippen LogP contribution in [0.25, 0.3) is 0 Å². The topological polar surface area (TPSA) is 87.7 Å². The van der Waals surface area contributed by atoms with Crippen molar-refractivity contribution < 1.29 is 9.90 Å². The van der Waals surface area contributed by atoms with E-state index >= 15 is 0 Å². The molecule has 0 saturated carbocycles. The number of rotatable bonds is 2. The zero-order valence-corrected chi connectivity index (χ0v) is 12.4. The van der Waals surface area contributed by atoms with Crippen LogP contribution >= 0.6 is 47.8 Å². The zero-order valence-electron chi connectivity index (χ0n) is 7.67. The molecule has 2 amide bonds.